The zero-order valence-electron chi connectivity index (χ0n) is 16.3. The van der Waals surface area contributed by atoms with E-state index >= 15 is 0 Å². The van der Waals surface area contributed by atoms with Gasteiger partial charge in [0.05, 0.1) is 7.11 Å². The predicted molar refractivity (Wildman–Crippen MR) is 104 cm³/mol. The van der Waals surface area contributed by atoms with Crippen LogP contribution in [0.4, 0.5) is 4.79 Å². The summed E-state index contributed by atoms with van der Waals surface area (Å²) in [4.78, 5) is 39.7. The van der Waals surface area contributed by atoms with E-state index in [4.69, 9.17) is 4.74 Å². The van der Waals surface area contributed by atoms with Gasteiger partial charge in [-0.05, 0) is 29.3 Å². The monoisotopic (exact) mass is 398 g/mol. The van der Waals surface area contributed by atoms with Gasteiger partial charge in [0.2, 0.25) is 0 Å². The number of benzene rings is 2. The number of carbonyl (C=O) groups excluding carboxylic acids is 3. The molecule has 0 spiro atoms. The second-order valence-electron chi connectivity index (χ2n) is 7.84. The Morgan fingerprint density at radius 3 is 2.72 bits per heavy atom. The number of ether oxygens (including phenoxy) is 1. The Kier molecular flexibility index (Phi) is 4.76. The fourth-order valence-electron chi connectivity index (χ4n) is 4.29. The summed E-state index contributed by atoms with van der Waals surface area (Å²) in [6, 6.07) is 12.4. The van der Waals surface area contributed by atoms with Gasteiger partial charge in [-0.25, -0.2) is 14.5 Å². The highest BCUT2D eigenvalue weighted by Gasteiger charge is 2.52. The first-order chi connectivity index (χ1) is 13.8. The molecule has 0 bridgehead atoms. The summed E-state index contributed by atoms with van der Waals surface area (Å²) in [5.41, 5.74) is -0.502. The summed E-state index contributed by atoms with van der Waals surface area (Å²) < 4.78 is 4.81. The molecule has 4 rings (SSSR count). The minimum atomic E-state index is -1.19. The zero-order chi connectivity index (χ0) is 20.8. The molecule has 1 unspecified atom stereocenters. The molecule has 2 aliphatic rings. The van der Waals surface area contributed by atoms with E-state index in [9.17, 15) is 19.5 Å². The number of esters is 1. The molecule has 3 N–H and O–H groups in total. The second-order valence-corrected chi connectivity index (χ2v) is 7.84. The number of carbonyl (C=O) groups is 3. The number of urea groups is 1. The number of nitrogens with zero attached hydrogens (tertiary/aromatic N) is 1. The van der Waals surface area contributed by atoms with E-state index in [0.29, 0.717) is 10.5 Å². The molecule has 8 heteroatoms. The van der Waals surface area contributed by atoms with Gasteiger partial charge in [-0.1, -0.05) is 36.4 Å². The molecule has 8 nitrogen and oxygen atoms in total. The SMILES string of the molecule is COC(=O)[C@@H]1C[C@@H](O)C[NH+]1CN1C(=O)N[C@](C)(c2ccc3ccccc3c2)C1=O. The van der Waals surface area contributed by atoms with Gasteiger partial charge in [-0.15, -0.1) is 0 Å². The van der Waals surface area contributed by atoms with Crippen LogP contribution < -0.4 is 10.2 Å². The fraction of sp³-hybridized carbons (Fsp3) is 0.381. The first-order valence-corrected chi connectivity index (χ1v) is 9.57. The van der Waals surface area contributed by atoms with Crippen LogP contribution in [-0.2, 0) is 19.9 Å². The maximum Gasteiger partial charge on any atom is 0.364 e. The maximum atomic E-state index is 13.2. The number of quaternary nitrogens is 1. The summed E-state index contributed by atoms with van der Waals surface area (Å²) >= 11 is 0. The van der Waals surface area contributed by atoms with Gasteiger partial charge in [-0.3, -0.25) is 4.79 Å². The van der Waals surface area contributed by atoms with Crippen molar-refractivity contribution in [3.05, 3.63) is 48.0 Å². The molecule has 2 saturated heterocycles. The molecule has 0 saturated carbocycles. The zero-order valence-corrected chi connectivity index (χ0v) is 16.3. The minimum absolute atomic E-state index is 0.00926. The highest BCUT2D eigenvalue weighted by atomic mass is 16.5. The summed E-state index contributed by atoms with van der Waals surface area (Å²) in [5.74, 6) is -0.837. The first kappa shape index (κ1) is 19.4. The Labute approximate surface area is 168 Å². The number of aliphatic hydroxyl groups excluding tert-OH is 1. The van der Waals surface area contributed by atoms with Gasteiger partial charge < -0.3 is 20.1 Å². The van der Waals surface area contributed by atoms with Crippen LogP contribution in [0.2, 0.25) is 0 Å². The molecule has 2 aromatic carbocycles. The topological polar surface area (TPSA) is 100 Å². The third-order valence-corrected chi connectivity index (χ3v) is 5.95. The van der Waals surface area contributed by atoms with E-state index in [1.807, 2.05) is 42.5 Å². The van der Waals surface area contributed by atoms with Gasteiger partial charge in [0.1, 0.15) is 18.2 Å². The van der Waals surface area contributed by atoms with Crippen molar-refractivity contribution < 1.29 is 29.1 Å². The molecule has 4 atom stereocenters. The number of imide groups is 1. The molecule has 29 heavy (non-hydrogen) atoms. The summed E-state index contributed by atoms with van der Waals surface area (Å²) in [7, 11) is 1.29. The molecule has 152 valence electrons. The molecule has 2 heterocycles. The normalized spacial score (nSPS) is 29.3. The third kappa shape index (κ3) is 3.24. The predicted octanol–water partition coefficient (Wildman–Crippen LogP) is -0.245. The van der Waals surface area contributed by atoms with Crippen LogP contribution in [0.3, 0.4) is 0 Å². The molecule has 2 aromatic rings. The van der Waals surface area contributed by atoms with Crippen molar-refractivity contribution in [2.24, 2.45) is 0 Å². The highest BCUT2D eigenvalue weighted by molar-refractivity contribution is 6.07. The third-order valence-electron chi connectivity index (χ3n) is 5.95. The Morgan fingerprint density at radius 2 is 2.00 bits per heavy atom. The van der Waals surface area contributed by atoms with Crippen LogP contribution in [0.25, 0.3) is 10.8 Å². The molecule has 3 amide bonds. The van der Waals surface area contributed by atoms with E-state index < -0.39 is 29.7 Å². The fourth-order valence-corrected chi connectivity index (χ4v) is 4.29. The van der Waals surface area contributed by atoms with Crippen molar-refractivity contribution in [3.63, 3.8) is 0 Å². The van der Waals surface area contributed by atoms with Crippen molar-refractivity contribution in [1.82, 2.24) is 10.2 Å². The summed E-state index contributed by atoms with van der Waals surface area (Å²) in [6.07, 6.45) is -0.435. The number of likely N-dealkylation sites (tertiary alicyclic amines) is 1. The number of methoxy groups -OCH3 is 1. The van der Waals surface area contributed by atoms with Crippen molar-refractivity contribution in [2.75, 3.05) is 20.3 Å². The summed E-state index contributed by atoms with van der Waals surface area (Å²) in [6.45, 7) is 1.94. The molecule has 0 radical (unpaired) electrons. The van der Waals surface area contributed by atoms with E-state index in [-0.39, 0.29) is 25.5 Å². The lowest BCUT2D eigenvalue weighted by Gasteiger charge is -2.25. The van der Waals surface area contributed by atoms with E-state index in [1.165, 1.54) is 7.11 Å². The maximum absolute atomic E-state index is 13.2. The highest BCUT2D eigenvalue weighted by Crippen LogP contribution is 2.30. The lowest BCUT2D eigenvalue weighted by Crippen LogP contribution is -3.16. The molecular formula is C21H24N3O5+. The van der Waals surface area contributed by atoms with E-state index in [1.54, 1.807) is 6.92 Å². The molecular weight excluding hydrogens is 374 g/mol. The van der Waals surface area contributed by atoms with Crippen LogP contribution in [-0.4, -0.2) is 60.4 Å². The van der Waals surface area contributed by atoms with Gasteiger partial charge in [0.25, 0.3) is 5.91 Å². The number of aliphatic hydroxyl groups is 1. The van der Waals surface area contributed by atoms with E-state index in [0.717, 1.165) is 15.7 Å². The number of fused-ring (bicyclic) bond motifs is 1. The average Bonchev–Trinajstić information content (AvgIpc) is 3.19. The molecule has 0 aliphatic carbocycles. The standard InChI is InChI=1S/C21H23N3O5/c1-21(15-8-7-13-5-3-4-6-14(13)9-15)19(27)24(20(28)22-21)12-23-11-16(25)10-17(23)18(26)29-2/h3-9,16-17,25H,10-12H2,1-2H3,(H,22,28)/p+1/t16-,17+,21-/m1/s1. The van der Waals surface area contributed by atoms with E-state index in [2.05, 4.69) is 5.32 Å². The van der Waals surface area contributed by atoms with Crippen LogP contribution in [0, 0.1) is 0 Å². The minimum Gasteiger partial charge on any atom is -0.465 e. The number of rotatable bonds is 4. The quantitative estimate of drug-likeness (QED) is 0.487. The lowest BCUT2D eigenvalue weighted by molar-refractivity contribution is -0.912. The average molecular weight is 398 g/mol. The molecule has 2 fully saturated rings. The van der Waals surface area contributed by atoms with Gasteiger partial charge >= 0.3 is 12.0 Å². The Hall–Kier alpha value is -2.97. The first-order valence-electron chi connectivity index (χ1n) is 9.57. The van der Waals surface area contributed by atoms with Crippen molar-refractivity contribution in [1.29, 1.82) is 0 Å². The largest absolute Gasteiger partial charge is 0.465 e. The van der Waals surface area contributed by atoms with Gasteiger partial charge in [0, 0.05) is 6.42 Å². The number of hydrogen-bond acceptors (Lipinski definition) is 5. The Balaban J connectivity index is 1.60. The van der Waals surface area contributed by atoms with Gasteiger partial charge in [0.15, 0.2) is 12.7 Å². The number of amides is 3. The molecule has 0 aromatic heterocycles. The van der Waals surface area contributed by atoms with Crippen molar-refractivity contribution >= 4 is 28.7 Å². The smallest absolute Gasteiger partial charge is 0.364 e. The Bertz CT molecular complexity index is 993. The molecule has 2 aliphatic heterocycles. The van der Waals surface area contributed by atoms with Crippen molar-refractivity contribution in [2.45, 2.75) is 31.0 Å². The van der Waals surface area contributed by atoms with Crippen LogP contribution in [0.1, 0.15) is 18.9 Å². The van der Waals surface area contributed by atoms with Crippen LogP contribution in [0.5, 0.6) is 0 Å². The van der Waals surface area contributed by atoms with Crippen LogP contribution in [0.15, 0.2) is 42.5 Å². The van der Waals surface area contributed by atoms with Crippen molar-refractivity contribution in [3.8, 4) is 0 Å². The second kappa shape index (κ2) is 7.13. The van der Waals surface area contributed by atoms with Crippen LogP contribution >= 0.6 is 0 Å². The van der Waals surface area contributed by atoms with Gasteiger partial charge in [-0.2, -0.15) is 0 Å². The summed E-state index contributed by atoms with van der Waals surface area (Å²) in [5, 5.41) is 14.8. The lowest BCUT2D eigenvalue weighted by atomic mass is 9.90. The number of hydrogen-bond donors (Lipinski definition) is 3. The Morgan fingerprint density at radius 1 is 1.28 bits per heavy atom. The number of nitrogens with one attached hydrogen (secondary N) is 2.